The summed E-state index contributed by atoms with van der Waals surface area (Å²) in [5, 5.41) is 12.6. The van der Waals surface area contributed by atoms with Crippen LogP contribution in [0.4, 0.5) is 0 Å². The van der Waals surface area contributed by atoms with Gasteiger partial charge in [0, 0.05) is 0 Å². The van der Waals surface area contributed by atoms with Crippen molar-refractivity contribution in [3.8, 4) is 44.5 Å². The molecule has 0 aliphatic heterocycles. The van der Waals surface area contributed by atoms with Crippen molar-refractivity contribution in [3.05, 3.63) is 194 Å². The number of rotatable bonds is 4. The number of fused-ring (bicyclic) bond motifs is 6. The van der Waals surface area contributed by atoms with Crippen molar-refractivity contribution in [2.24, 2.45) is 0 Å². The van der Waals surface area contributed by atoms with E-state index in [0.717, 1.165) is 0 Å². The molecule has 0 aliphatic rings. The Balaban J connectivity index is 1.20. The molecule has 0 heterocycles. The number of benzene rings is 10. The van der Waals surface area contributed by atoms with Crippen molar-refractivity contribution < 1.29 is 0 Å². The first-order valence-corrected chi connectivity index (χ1v) is 17.3. The van der Waals surface area contributed by atoms with Crippen molar-refractivity contribution in [3.63, 3.8) is 0 Å². The van der Waals surface area contributed by atoms with Gasteiger partial charge in [0.15, 0.2) is 0 Å². The third kappa shape index (κ3) is 4.69. The van der Waals surface area contributed by atoms with E-state index in [4.69, 9.17) is 0 Å². The molecule has 0 spiro atoms. The second-order valence-corrected chi connectivity index (χ2v) is 13.3. The minimum absolute atomic E-state index is 1.22. The fourth-order valence-corrected chi connectivity index (χ4v) is 7.99. The summed E-state index contributed by atoms with van der Waals surface area (Å²) in [5.41, 5.74) is 9.96. The quantitative estimate of drug-likeness (QED) is 0.134. The van der Waals surface area contributed by atoms with Crippen LogP contribution in [-0.2, 0) is 0 Å². The van der Waals surface area contributed by atoms with Crippen LogP contribution in [0.2, 0.25) is 0 Å². The highest BCUT2D eigenvalue weighted by molar-refractivity contribution is 6.28. The van der Waals surface area contributed by atoms with Gasteiger partial charge in [-0.2, -0.15) is 0 Å². The molecule has 10 aromatic rings. The van der Waals surface area contributed by atoms with E-state index < -0.39 is 0 Å². The minimum atomic E-state index is 1.22. The Morgan fingerprint density at radius 2 is 0.660 bits per heavy atom. The summed E-state index contributed by atoms with van der Waals surface area (Å²) >= 11 is 0. The van der Waals surface area contributed by atoms with Crippen molar-refractivity contribution in [1.29, 1.82) is 0 Å². The zero-order chi connectivity index (χ0) is 33.0. The lowest BCUT2D eigenvalue weighted by molar-refractivity contribution is 1.62. The second-order valence-electron chi connectivity index (χ2n) is 13.3. The smallest absolute Gasteiger partial charge is 0.00141 e. The maximum absolute atomic E-state index is 2.39. The maximum atomic E-state index is 2.39. The van der Waals surface area contributed by atoms with E-state index in [0.29, 0.717) is 0 Å². The van der Waals surface area contributed by atoms with Crippen LogP contribution in [0.5, 0.6) is 0 Å². The summed E-state index contributed by atoms with van der Waals surface area (Å²) < 4.78 is 0. The molecule has 50 heavy (non-hydrogen) atoms. The van der Waals surface area contributed by atoms with E-state index in [9.17, 15) is 0 Å². The Labute approximate surface area is 291 Å². The third-order valence-corrected chi connectivity index (χ3v) is 10.4. The van der Waals surface area contributed by atoms with Crippen LogP contribution in [0.1, 0.15) is 0 Å². The molecule has 0 radical (unpaired) electrons. The van der Waals surface area contributed by atoms with Gasteiger partial charge < -0.3 is 0 Å². The average molecular weight is 633 g/mol. The van der Waals surface area contributed by atoms with Gasteiger partial charge in [0.05, 0.1) is 0 Å². The average Bonchev–Trinajstić information content (AvgIpc) is 3.19. The highest BCUT2D eigenvalue weighted by Gasteiger charge is 2.19. The first kappa shape index (κ1) is 28.5. The lowest BCUT2D eigenvalue weighted by Gasteiger charge is -2.20. The van der Waals surface area contributed by atoms with E-state index in [-0.39, 0.29) is 0 Å². The molecular weight excluding hydrogens is 601 g/mol. The minimum Gasteiger partial charge on any atom is -0.0622 e. The summed E-state index contributed by atoms with van der Waals surface area (Å²) in [4.78, 5) is 0. The molecule has 0 nitrogen and oxygen atoms in total. The normalized spacial score (nSPS) is 11.6. The predicted molar refractivity (Wildman–Crippen MR) is 216 cm³/mol. The summed E-state index contributed by atoms with van der Waals surface area (Å²) in [6.45, 7) is 0. The van der Waals surface area contributed by atoms with Crippen LogP contribution in [0.15, 0.2) is 194 Å². The standard InChI is InChI=1S/C50H32/c1-2-11-33(12-3-1)38-22-23-41-30-39(24-25-40(41)29-38)37-16-10-17-42(32-37)49-46-20-9-8-19-45(46)48(43-26-21-34-13-4-5-15-36(34)31-43)47-28-27-35-14-6-7-18-44(35)50(47)49/h1-32H. The Bertz CT molecular complexity index is 2910. The first-order chi connectivity index (χ1) is 24.8. The molecule has 0 aliphatic carbocycles. The van der Waals surface area contributed by atoms with E-state index in [1.54, 1.807) is 0 Å². The molecule has 0 fully saturated rings. The van der Waals surface area contributed by atoms with E-state index in [2.05, 4.69) is 194 Å². The molecule has 0 N–H and O–H groups in total. The van der Waals surface area contributed by atoms with E-state index >= 15 is 0 Å². The van der Waals surface area contributed by atoms with Crippen molar-refractivity contribution in [2.45, 2.75) is 0 Å². The maximum Gasteiger partial charge on any atom is -0.00141 e. The monoisotopic (exact) mass is 632 g/mol. The van der Waals surface area contributed by atoms with Gasteiger partial charge in [-0.25, -0.2) is 0 Å². The molecule has 0 atom stereocenters. The lowest BCUT2D eigenvalue weighted by Crippen LogP contribution is -1.92. The predicted octanol–water partition coefficient (Wildman–Crippen LogP) is 14.1. The van der Waals surface area contributed by atoms with Crippen LogP contribution in [0, 0.1) is 0 Å². The topological polar surface area (TPSA) is 0 Å². The third-order valence-electron chi connectivity index (χ3n) is 10.4. The fraction of sp³-hybridized carbons (Fsp3) is 0. The molecule has 0 unspecified atom stereocenters. The van der Waals surface area contributed by atoms with Gasteiger partial charge in [-0.1, -0.05) is 170 Å². The summed E-state index contributed by atoms with van der Waals surface area (Å²) in [5.74, 6) is 0. The Morgan fingerprint density at radius 1 is 0.200 bits per heavy atom. The first-order valence-electron chi connectivity index (χ1n) is 17.3. The molecule has 0 saturated carbocycles. The van der Waals surface area contributed by atoms with Crippen molar-refractivity contribution in [1.82, 2.24) is 0 Å². The number of hydrogen-bond acceptors (Lipinski definition) is 0. The second kappa shape index (κ2) is 11.6. The Kier molecular flexibility index (Phi) is 6.60. The van der Waals surface area contributed by atoms with Crippen LogP contribution in [0.25, 0.3) is 98.4 Å². The van der Waals surface area contributed by atoms with Gasteiger partial charge in [0.1, 0.15) is 0 Å². The molecule has 0 saturated heterocycles. The zero-order valence-electron chi connectivity index (χ0n) is 27.5. The van der Waals surface area contributed by atoms with Crippen molar-refractivity contribution >= 4 is 53.9 Å². The molecule has 0 bridgehead atoms. The van der Waals surface area contributed by atoms with Crippen LogP contribution in [-0.4, -0.2) is 0 Å². The van der Waals surface area contributed by atoms with Crippen molar-refractivity contribution in [2.75, 3.05) is 0 Å². The van der Waals surface area contributed by atoms with Gasteiger partial charge in [0.2, 0.25) is 0 Å². The van der Waals surface area contributed by atoms with Gasteiger partial charge in [0.25, 0.3) is 0 Å². The highest BCUT2D eigenvalue weighted by Crippen LogP contribution is 2.47. The highest BCUT2D eigenvalue weighted by atomic mass is 14.2. The SMILES string of the molecule is c1ccc(-c2ccc3cc(-c4cccc(-c5c6ccccc6c(-c6ccc7ccccc7c6)c6ccc7ccccc7c56)c4)ccc3c2)cc1. The van der Waals surface area contributed by atoms with Gasteiger partial charge in [-0.3, -0.25) is 0 Å². The molecule has 232 valence electrons. The fourth-order valence-electron chi connectivity index (χ4n) is 7.99. The summed E-state index contributed by atoms with van der Waals surface area (Å²) in [6, 6.07) is 71.4. The summed E-state index contributed by atoms with van der Waals surface area (Å²) in [7, 11) is 0. The zero-order valence-corrected chi connectivity index (χ0v) is 27.5. The van der Waals surface area contributed by atoms with Crippen LogP contribution >= 0.6 is 0 Å². The Morgan fingerprint density at radius 3 is 1.44 bits per heavy atom. The molecule has 0 aromatic heterocycles. The molecule has 0 heteroatoms. The molecular formula is C50H32. The number of hydrogen-bond donors (Lipinski definition) is 0. The summed E-state index contributed by atoms with van der Waals surface area (Å²) in [6.07, 6.45) is 0. The molecule has 10 aromatic carbocycles. The molecule has 10 rings (SSSR count). The van der Waals surface area contributed by atoms with Gasteiger partial charge in [-0.15, -0.1) is 0 Å². The van der Waals surface area contributed by atoms with Crippen LogP contribution in [0.3, 0.4) is 0 Å². The van der Waals surface area contributed by atoms with Gasteiger partial charge in [-0.05, 0) is 123 Å². The van der Waals surface area contributed by atoms with Crippen LogP contribution < -0.4 is 0 Å². The van der Waals surface area contributed by atoms with Gasteiger partial charge >= 0.3 is 0 Å². The van der Waals surface area contributed by atoms with E-state index in [1.807, 2.05) is 0 Å². The van der Waals surface area contributed by atoms with E-state index in [1.165, 1.54) is 98.4 Å². The molecule has 0 amide bonds. The largest absolute Gasteiger partial charge is 0.0622 e. The lowest BCUT2D eigenvalue weighted by atomic mass is 9.83. The Hall–Kier alpha value is -6.50.